The van der Waals surface area contributed by atoms with E-state index < -0.39 is 6.36 Å². The fourth-order valence-electron chi connectivity index (χ4n) is 1.69. The molecule has 5 heteroatoms. The van der Waals surface area contributed by atoms with Gasteiger partial charge in [-0.3, -0.25) is 0 Å². The largest absolute Gasteiger partial charge is 0.573 e. The summed E-state index contributed by atoms with van der Waals surface area (Å²) in [6.45, 7) is 4.35. The minimum absolute atomic E-state index is 0.155. The number of alkyl halides is 3. The van der Waals surface area contributed by atoms with Crippen LogP contribution >= 0.6 is 0 Å². The summed E-state index contributed by atoms with van der Waals surface area (Å²) >= 11 is 0. The first-order chi connectivity index (χ1) is 8.30. The van der Waals surface area contributed by atoms with E-state index in [2.05, 4.69) is 4.74 Å². The quantitative estimate of drug-likeness (QED) is 0.881. The van der Waals surface area contributed by atoms with E-state index in [0.717, 1.165) is 17.5 Å². The van der Waals surface area contributed by atoms with E-state index in [-0.39, 0.29) is 5.75 Å². The molecule has 2 N–H and O–H groups in total. The molecular formula is C13H18F3NO. The maximum absolute atomic E-state index is 12.1. The van der Waals surface area contributed by atoms with Crippen LogP contribution in [0.4, 0.5) is 13.2 Å². The first-order valence-corrected chi connectivity index (χ1v) is 5.86. The highest BCUT2D eigenvalue weighted by atomic mass is 19.4. The average molecular weight is 261 g/mol. The lowest BCUT2D eigenvalue weighted by atomic mass is 10.00. The third-order valence-electron chi connectivity index (χ3n) is 2.67. The van der Waals surface area contributed by atoms with Crippen molar-refractivity contribution in [2.75, 3.05) is 6.54 Å². The Labute approximate surface area is 105 Å². The monoisotopic (exact) mass is 261 g/mol. The maximum atomic E-state index is 12.1. The number of aryl methyl sites for hydroxylation is 2. The molecule has 1 aromatic rings. The van der Waals surface area contributed by atoms with Gasteiger partial charge in [-0.05, 0) is 55.5 Å². The van der Waals surface area contributed by atoms with E-state index in [1.807, 2.05) is 13.0 Å². The van der Waals surface area contributed by atoms with Crippen LogP contribution in [0.2, 0.25) is 0 Å². The van der Waals surface area contributed by atoms with Crippen LogP contribution in [0.5, 0.6) is 5.75 Å². The first-order valence-electron chi connectivity index (χ1n) is 5.86. The Morgan fingerprint density at radius 1 is 1.28 bits per heavy atom. The normalized spacial score (nSPS) is 13.4. The van der Waals surface area contributed by atoms with Crippen LogP contribution in [0.1, 0.15) is 24.5 Å². The molecule has 0 unspecified atom stereocenters. The fourth-order valence-corrected chi connectivity index (χ4v) is 1.69. The molecule has 0 saturated carbocycles. The van der Waals surface area contributed by atoms with Crippen molar-refractivity contribution in [3.8, 4) is 5.75 Å². The van der Waals surface area contributed by atoms with Gasteiger partial charge in [-0.1, -0.05) is 13.0 Å². The molecule has 18 heavy (non-hydrogen) atoms. The molecule has 0 aliphatic heterocycles. The Morgan fingerprint density at radius 3 is 2.50 bits per heavy atom. The molecule has 0 bridgehead atoms. The molecular weight excluding hydrogens is 243 g/mol. The molecule has 0 saturated heterocycles. The van der Waals surface area contributed by atoms with E-state index in [4.69, 9.17) is 5.73 Å². The summed E-state index contributed by atoms with van der Waals surface area (Å²) in [6, 6.07) is 4.68. The van der Waals surface area contributed by atoms with Gasteiger partial charge >= 0.3 is 6.36 Å². The lowest BCUT2D eigenvalue weighted by Gasteiger charge is -2.12. The maximum Gasteiger partial charge on any atom is 0.573 e. The Balaban J connectivity index is 2.74. The summed E-state index contributed by atoms with van der Waals surface area (Å²) in [7, 11) is 0. The molecule has 0 aromatic heterocycles. The topological polar surface area (TPSA) is 35.2 Å². The van der Waals surface area contributed by atoms with Crippen LogP contribution in [0, 0.1) is 12.8 Å². The summed E-state index contributed by atoms with van der Waals surface area (Å²) in [6.07, 6.45) is -3.09. The molecule has 102 valence electrons. The highest BCUT2D eigenvalue weighted by Gasteiger charge is 2.31. The second kappa shape index (κ2) is 6.09. The number of rotatable bonds is 5. The van der Waals surface area contributed by atoms with Gasteiger partial charge in [0, 0.05) is 0 Å². The van der Waals surface area contributed by atoms with E-state index in [1.165, 1.54) is 12.1 Å². The minimum atomic E-state index is -4.64. The Kier molecular flexibility index (Phi) is 5.02. The summed E-state index contributed by atoms with van der Waals surface area (Å²) in [5.41, 5.74) is 7.10. The number of nitrogens with two attached hydrogens (primary N) is 1. The van der Waals surface area contributed by atoms with E-state index in [1.54, 1.807) is 6.92 Å². The summed E-state index contributed by atoms with van der Waals surface area (Å²) in [4.78, 5) is 0. The fraction of sp³-hybridized carbons (Fsp3) is 0.538. The van der Waals surface area contributed by atoms with Gasteiger partial charge in [0.2, 0.25) is 0 Å². The van der Waals surface area contributed by atoms with E-state index in [0.29, 0.717) is 18.9 Å². The van der Waals surface area contributed by atoms with Crippen molar-refractivity contribution in [1.82, 2.24) is 0 Å². The summed E-state index contributed by atoms with van der Waals surface area (Å²) < 4.78 is 40.3. The Morgan fingerprint density at radius 2 is 1.94 bits per heavy atom. The predicted molar refractivity (Wildman–Crippen MR) is 64.4 cm³/mol. The lowest BCUT2D eigenvalue weighted by molar-refractivity contribution is -0.274. The second-order valence-electron chi connectivity index (χ2n) is 4.58. The first kappa shape index (κ1) is 14.8. The average Bonchev–Trinajstić information content (AvgIpc) is 2.22. The minimum Gasteiger partial charge on any atom is -0.406 e. The number of hydrogen-bond acceptors (Lipinski definition) is 2. The molecule has 0 spiro atoms. The van der Waals surface area contributed by atoms with Crippen LogP contribution in [-0.4, -0.2) is 12.9 Å². The molecule has 1 aromatic carbocycles. The van der Waals surface area contributed by atoms with Gasteiger partial charge in [0.05, 0.1) is 0 Å². The molecule has 1 atom stereocenters. The number of benzene rings is 1. The molecule has 0 amide bonds. The van der Waals surface area contributed by atoms with Gasteiger partial charge in [-0.2, -0.15) is 0 Å². The highest BCUT2D eigenvalue weighted by Crippen LogP contribution is 2.25. The number of hydrogen-bond donors (Lipinski definition) is 1. The summed E-state index contributed by atoms with van der Waals surface area (Å²) in [5.74, 6) is 0.204. The zero-order valence-electron chi connectivity index (χ0n) is 10.6. The van der Waals surface area contributed by atoms with Crippen molar-refractivity contribution in [1.29, 1.82) is 0 Å². The second-order valence-corrected chi connectivity index (χ2v) is 4.58. The number of halogens is 3. The van der Waals surface area contributed by atoms with Crippen molar-refractivity contribution >= 4 is 0 Å². The molecule has 0 aliphatic rings. The highest BCUT2D eigenvalue weighted by molar-refractivity contribution is 5.34. The zero-order chi connectivity index (χ0) is 13.8. The third-order valence-corrected chi connectivity index (χ3v) is 2.67. The SMILES string of the molecule is Cc1cc(CC[C@H](C)CN)cc(OC(F)(F)F)c1. The lowest BCUT2D eigenvalue weighted by Crippen LogP contribution is -2.17. The summed E-state index contributed by atoms with van der Waals surface area (Å²) in [5, 5.41) is 0. The molecule has 0 radical (unpaired) electrons. The number of ether oxygens (including phenoxy) is 1. The smallest absolute Gasteiger partial charge is 0.406 e. The van der Waals surface area contributed by atoms with Crippen molar-refractivity contribution in [2.24, 2.45) is 11.7 Å². The molecule has 0 aliphatic carbocycles. The van der Waals surface area contributed by atoms with E-state index in [9.17, 15) is 13.2 Å². The molecule has 0 heterocycles. The molecule has 2 nitrogen and oxygen atoms in total. The van der Waals surface area contributed by atoms with Gasteiger partial charge in [0.15, 0.2) is 0 Å². The van der Waals surface area contributed by atoms with Crippen molar-refractivity contribution in [3.05, 3.63) is 29.3 Å². The van der Waals surface area contributed by atoms with Crippen LogP contribution in [0.3, 0.4) is 0 Å². The van der Waals surface area contributed by atoms with Crippen LogP contribution < -0.4 is 10.5 Å². The van der Waals surface area contributed by atoms with Gasteiger partial charge < -0.3 is 10.5 Å². The van der Waals surface area contributed by atoms with Crippen molar-refractivity contribution in [2.45, 2.75) is 33.1 Å². The molecule has 0 fully saturated rings. The van der Waals surface area contributed by atoms with Crippen LogP contribution in [0.15, 0.2) is 18.2 Å². The predicted octanol–water partition coefficient (Wildman–Crippen LogP) is 3.42. The van der Waals surface area contributed by atoms with Crippen LogP contribution in [0.25, 0.3) is 0 Å². The Bertz CT molecular complexity index is 390. The standard InChI is InChI=1S/C13H18F3NO/c1-9(8-17)3-4-11-5-10(2)6-12(7-11)18-13(14,15)16/h5-7,9H,3-4,8,17H2,1-2H3/t9-/m0/s1. The molecule has 1 rings (SSSR count). The van der Waals surface area contributed by atoms with Gasteiger partial charge in [-0.25, -0.2) is 0 Å². The zero-order valence-corrected chi connectivity index (χ0v) is 10.6. The van der Waals surface area contributed by atoms with Gasteiger partial charge in [-0.15, -0.1) is 13.2 Å². The van der Waals surface area contributed by atoms with Crippen molar-refractivity contribution < 1.29 is 17.9 Å². The Hall–Kier alpha value is -1.23. The van der Waals surface area contributed by atoms with Crippen molar-refractivity contribution in [3.63, 3.8) is 0 Å². The van der Waals surface area contributed by atoms with Gasteiger partial charge in [0.25, 0.3) is 0 Å². The van der Waals surface area contributed by atoms with Gasteiger partial charge in [0.1, 0.15) is 5.75 Å². The van der Waals surface area contributed by atoms with E-state index >= 15 is 0 Å². The third kappa shape index (κ3) is 5.40. The van der Waals surface area contributed by atoms with Crippen LogP contribution in [-0.2, 0) is 6.42 Å².